The first-order chi connectivity index (χ1) is 9.77. The zero-order valence-electron chi connectivity index (χ0n) is 11.1. The Hall–Kier alpha value is -2.61. The Morgan fingerprint density at radius 3 is 2.35 bits per heavy atom. The first-order valence-corrected chi connectivity index (χ1v) is 6.66. The number of hydrogen-bond acceptors (Lipinski definition) is 1. The van der Waals surface area contributed by atoms with Crippen LogP contribution in [0.1, 0.15) is 10.4 Å². The molecule has 0 fully saturated rings. The van der Waals surface area contributed by atoms with Gasteiger partial charge in [-0.2, -0.15) is 0 Å². The van der Waals surface area contributed by atoms with E-state index in [2.05, 4.69) is 18.2 Å². The van der Waals surface area contributed by atoms with E-state index in [0.717, 1.165) is 22.0 Å². The largest absolute Gasteiger partial charge is 0.311 e. The molecular formula is C18H13NO. The highest BCUT2D eigenvalue weighted by atomic mass is 16.2. The van der Waals surface area contributed by atoms with Gasteiger partial charge in [0.1, 0.15) is 0 Å². The third-order valence-corrected chi connectivity index (χ3v) is 4.00. The molecule has 20 heavy (non-hydrogen) atoms. The van der Waals surface area contributed by atoms with E-state index in [4.69, 9.17) is 0 Å². The lowest BCUT2D eigenvalue weighted by Crippen LogP contribution is -2.20. The molecule has 1 amide bonds. The van der Waals surface area contributed by atoms with Crippen LogP contribution in [-0.4, -0.2) is 13.0 Å². The fourth-order valence-corrected chi connectivity index (χ4v) is 3.00. The van der Waals surface area contributed by atoms with Gasteiger partial charge in [0, 0.05) is 18.0 Å². The molecule has 4 rings (SSSR count). The lowest BCUT2D eigenvalue weighted by Gasteiger charge is -2.10. The number of amides is 1. The summed E-state index contributed by atoms with van der Waals surface area (Å²) in [6.45, 7) is 0. The molecule has 2 heteroatoms. The standard InChI is InChI=1S/C18H13NO/c1-19-16-9-5-8-14-13(12-6-3-2-4-7-12)10-11-15(17(14)16)18(19)20/h2-11H,1H3. The quantitative estimate of drug-likeness (QED) is 0.644. The Balaban J connectivity index is 2.11. The maximum Gasteiger partial charge on any atom is 0.258 e. The molecule has 1 heterocycles. The van der Waals surface area contributed by atoms with E-state index in [-0.39, 0.29) is 5.91 Å². The molecule has 3 aromatic carbocycles. The van der Waals surface area contributed by atoms with E-state index in [1.807, 2.05) is 49.5 Å². The minimum Gasteiger partial charge on any atom is -0.311 e. The van der Waals surface area contributed by atoms with Crippen molar-refractivity contribution < 1.29 is 4.79 Å². The highest BCUT2D eigenvalue weighted by Gasteiger charge is 2.27. The first-order valence-electron chi connectivity index (χ1n) is 6.66. The van der Waals surface area contributed by atoms with Gasteiger partial charge in [0.05, 0.1) is 5.69 Å². The summed E-state index contributed by atoms with van der Waals surface area (Å²) in [5.74, 6) is 0.0795. The fourth-order valence-electron chi connectivity index (χ4n) is 3.00. The third kappa shape index (κ3) is 1.36. The van der Waals surface area contributed by atoms with Crippen molar-refractivity contribution in [2.45, 2.75) is 0 Å². The number of carbonyl (C=O) groups is 1. The van der Waals surface area contributed by atoms with Crippen LogP contribution in [0.25, 0.3) is 21.9 Å². The van der Waals surface area contributed by atoms with E-state index >= 15 is 0 Å². The smallest absolute Gasteiger partial charge is 0.258 e. The number of anilines is 1. The van der Waals surface area contributed by atoms with Gasteiger partial charge in [-0.15, -0.1) is 0 Å². The first kappa shape index (κ1) is 11.2. The van der Waals surface area contributed by atoms with E-state index in [0.29, 0.717) is 0 Å². The average molecular weight is 259 g/mol. The maximum atomic E-state index is 12.3. The molecule has 3 aromatic rings. The molecule has 0 spiro atoms. The van der Waals surface area contributed by atoms with Gasteiger partial charge in [-0.1, -0.05) is 48.5 Å². The molecule has 0 aromatic heterocycles. The van der Waals surface area contributed by atoms with Gasteiger partial charge in [-0.05, 0) is 28.6 Å². The van der Waals surface area contributed by atoms with Gasteiger partial charge in [-0.3, -0.25) is 4.79 Å². The van der Waals surface area contributed by atoms with Crippen LogP contribution in [0.2, 0.25) is 0 Å². The number of benzene rings is 3. The lowest BCUT2D eigenvalue weighted by atomic mass is 9.95. The molecule has 96 valence electrons. The summed E-state index contributed by atoms with van der Waals surface area (Å²) in [5.41, 5.74) is 4.16. The Kier molecular flexibility index (Phi) is 2.21. The van der Waals surface area contributed by atoms with Crippen LogP contribution in [0.3, 0.4) is 0 Å². The van der Waals surface area contributed by atoms with Gasteiger partial charge in [0.15, 0.2) is 0 Å². The van der Waals surface area contributed by atoms with Gasteiger partial charge in [0.25, 0.3) is 5.91 Å². The summed E-state index contributed by atoms with van der Waals surface area (Å²) in [4.78, 5) is 14.0. The van der Waals surface area contributed by atoms with Crippen molar-refractivity contribution in [2.24, 2.45) is 0 Å². The summed E-state index contributed by atoms with van der Waals surface area (Å²) in [5, 5.41) is 2.21. The molecule has 0 aliphatic carbocycles. The van der Waals surface area contributed by atoms with Crippen molar-refractivity contribution >= 4 is 22.4 Å². The number of hydrogen-bond donors (Lipinski definition) is 0. The molecule has 0 saturated heterocycles. The summed E-state index contributed by atoms with van der Waals surface area (Å²) in [6, 6.07) is 20.4. The van der Waals surface area contributed by atoms with Gasteiger partial charge in [0.2, 0.25) is 0 Å². The predicted molar refractivity (Wildman–Crippen MR) is 82.1 cm³/mol. The van der Waals surface area contributed by atoms with Gasteiger partial charge < -0.3 is 4.90 Å². The van der Waals surface area contributed by atoms with Gasteiger partial charge >= 0.3 is 0 Å². The minimum atomic E-state index is 0.0795. The second-order valence-electron chi connectivity index (χ2n) is 5.09. The van der Waals surface area contributed by atoms with Crippen LogP contribution >= 0.6 is 0 Å². The van der Waals surface area contributed by atoms with Crippen molar-refractivity contribution in [1.29, 1.82) is 0 Å². The molecule has 0 saturated carbocycles. The van der Waals surface area contributed by atoms with Crippen LogP contribution in [-0.2, 0) is 0 Å². The van der Waals surface area contributed by atoms with Crippen molar-refractivity contribution in [3.8, 4) is 11.1 Å². The van der Waals surface area contributed by atoms with Gasteiger partial charge in [-0.25, -0.2) is 0 Å². The molecular weight excluding hydrogens is 246 g/mol. The fraction of sp³-hybridized carbons (Fsp3) is 0.0556. The average Bonchev–Trinajstić information content (AvgIpc) is 2.76. The van der Waals surface area contributed by atoms with Crippen molar-refractivity contribution in [3.05, 3.63) is 66.2 Å². The number of nitrogens with zero attached hydrogens (tertiary/aromatic N) is 1. The lowest BCUT2D eigenvalue weighted by molar-refractivity contribution is 0.0999. The van der Waals surface area contributed by atoms with Crippen LogP contribution in [0.5, 0.6) is 0 Å². The van der Waals surface area contributed by atoms with Crippen molar-refractivity contribution in [2.75, 3.05) is 11.9 Å². The van der Waals surface area contributed by atoms with Crippen molar-refractivity contribution in [3.63, 3.8) is 0 Å². The summed E-state index contributed by atoms with van der Waals surface area (Å²) in [7, 11) is 1.83. The summed E-state index contributed by atoms with van der Waals surface area (Å²) >= 11 is 0. The topological polar surface area (TPSA) is 20.3 Å². The second-order valence-corrected chi connectivity index (χ2v) is 5.09. The molecule has 2 nitrogen and oxygen atoms in total. The molecule has 0 atom stereocenters. The number of carbonyl (C=O) groups excluding carboxylic acids is 1. The second kappa shape index (κ2) is 3.94. The Morgan fingerprint density at radius 1 is 0.800 bits per heavy atom. The Morgan fingerprint density at radius 2 is 1.55 bits per heavy atom. The van der Waals surface area contributed by atoms with E-state index < -0.39 is 0 Å². The normalized spacial score (nSPS) is 13.2. The van der Waals surface area contributed by atoms with Crippen LogP contribution in [0, 0.1) is 0 Å². The SMILES string of the molecule is CN1C(=O)c2ccc(-c3ccccc3)c3cccc1c23. The molecule has 0 N–H and O–H groups in total. The molecule has 0 bridgehead atoms. The zero-order chi connectivity index (χ0) is 13.7. The Labute approximate surface area is 117 Å². The van der Waals surface area contributed by atoms with Crippen LogP contribution in [0.4, 0.5) is 5.69 Å². The molecule has 0 unspecified atom stereocenters. The highest BCUT2D eigenvalue weighted by molar-refractivity contribution is 6.26. The molecule has 1 aliphatic rings. The predicted octanol–water partition coefficient (Wildman–Crippen LogP) is 4.10. The number of rotatable bonds is 1. The minimum absolute atomic E-state index is 0.0795. The van der Waals surface area contributed by atoms with E-state index in [9.17, 15) is 4.79 Å². The van der Waals surface area contributed by atoms with Crippen molar-refractivity contribution in [1.82, 2.24) is 0 Å². The monoisotopic (exact) mass is 259 g/mol. The highest BCUT2D eigenvalue weighted by Crippen LogP contribution is 2.40. The summed E-state index contributed by atoms with van der Waals surface area (Å²) < 4.78 is 0. The van der Waals surface area contributed by atoms with Crippen LogP contribution in [0.15, 0.2) is 60.7 Å². The molecule has 1 aliphatic heterocycles. The van der Waals surface area contributed by atoms with E-state index in [1.54, 1.807) is 4.90 Å². The summed E-state index contributed by atoms with van der Waals surface area (Å²) in [6.07, 6.45) is 0. The zero-order valence-corrected chi connectivity index (χ0v) is 11.1. The molecule has 0 radical (unpaired) electrons. The van der Waals surface area contributed by atoms with E-state index in [1.165, 1.54) is 11.1 Å². The third-order valence-electron chi connectivity index (χ3n) is 4.00. The maximum absolute atomic E-state index is 12.3. The van der Waals surface area contributed by atoms with Crippen LogP contribution < -0.4 is 4.90 Å². The Bertz CT molecular complexity index is 837.